The van der Waals surface area contributed by atoms with Crippen LogP contribution in [0.25, 0.3) is 0 Å². The fourth-order valence-electron chi connectivity index (χ4n) is 3.23. The molecule has 0 aliphatic heterocycles. The molecule has 1 saturated carbocycles. The summed E-state index contributed by atoms with van der Waals surface area (Å²) in [5.74, 6) is 1.62. The first kappa shape index (κ1) is 16.9. The lowest BCUT2D eigenvalue weighted by Crippen LogP contribution is -2.38. The molecule has 0 saturated heterocycles. The van der Waals surface area contributed by atoms with Crippen LogP contribution in [0.2, 0.25) is 0 Å². The summed E-state index contributed by atoms with van der Waals surface area (Å²) in [5.41, 5.74) is 0. The minimum atomic E-state index is -3.03. The largest absolute Gasteiger partial charge is 0.314 e. The van der Waals surface area contributed by atoms with Gasteiger partial charge in [-0.2, -0.15) is 0 Å². The smallest absolute Gasteiger partial charge is 0.211 e. The van der Waals surface area contributed by atoms with Crippen LogP contribution in [0.4, 0.5) is 0 Å². The minimum absolute atomic E-state index is 0.566. The lowest BCUT2D eigenvalue weighted by atomic mass is 9.80. The molecule has 0 amide bonds. The molecule has 0 radical (unpaired) electrons. The van der Waals surface area contributed by atoms with Gasteiger partial charge in [-0.05, 0) is 44.1 Å². The first-order valence-corrected chi connectivity index (χ1v) is 9.36. The average molecular weight is 290 g/mol. The summed E-state index contributed by atoms with van der Waals surface area (Å²) in [4.78, 5) is 0. The summed E-state index contributed by atoms with van der Waals surface area (Å²) in [6, 6.07) is 0.618. The molecule has 1 N–H and O–H groups in total. The molecule has 2 unspecified atom stereocenters. The normalized spacial score (nSPS) is 28.8. The van der Waals surface area contributed by atoms with E-state index in [1.54, 1.807) is 4.31 Å². The Hall–Kier alpha value is -0.130. The highest BCUT2D eigenvalue weighted by Gasteiger charge is 2.23. The fourth-order valence-corrected chi connectivity index (χ4v) is 4.16. The second-order valence-electron chi connectivity index (χ2n) is 6.18. The van der Waals surface area contributed by atoms with E-state index in [1.165, 1.54) is 25.5 Å². The molecule has 2 atom stereocenters. The zero-order chi connectivity index (χ0) is 14.5. The Morgan fingerprint density at radius 1 is 1.16 bits per heavy atom. The number of nitrogens with one attached hydrogen (secondary N) is 1. The molecule has 1 fully saturated rings. The molecule has 0 heterocycles. The molecule has 0 bridgehead atoms. The average Bonchev–Trinajstić information content (AvgIpc) is 2.25. The molecule has 0 spiro atoms. The van der Waals surface area contributed by atoms with E-state index >= 15 is 0 Å². The third-order valence-corrected chi connectivity index (χ3v) is 5.40. The van der Waals surface area contributed by atoms with Gasteiger partial charge in [0.05, 0.1) is 6.26 Å². The first-order valence-electron chi connectivity index (χ1n) is 7.51. The van der Waals surface area contributed by atoms with Crippen molar-refractivity contribution in [2.75, 3.05) is 25.9 Å². The second kappa shape index (κ2) is 7.60. The topological polar surface area (TPSA) is 49.4 Å². The van der Waals surface area contributed by atoms with Crippen molar-refractivity contribution in [3.63, 3.8) is 0 Å². The molecule has 5 heteroatoms. The Kier molecular flexibility index (Phi) is 6.77. The molecule has 1 aliphatic carbocycles. The van der Waals surface area contributed by atoms with Gasteiger partial charge in [0, 0.05) is 19.1 Å². The maximum absolute atomic E-state index is 11.4. The van der Waals surface area contributed by atoms with Crippen molar-refractivity contribution in [3.05, 3.63) is 0 Å². The van der Waals surface area contributed by atoms with E-state index in [1.807, 2.05) is 6.92 Å². The SMILES string of the molecule is CCN(CCCNC1CC(C)CC(C)C1)S(C)(=O)=O. The summed E-state index contributed by atoms with van der Waals surface area (Å²) in [6.45, 7) is 8.64. The van der Waals surface area contributed by atoms with Crippen LogP contribution in [-0.2, 0) is 10.0 Å². The van der Waals surface area contributed by atoms with Crippen LogP contribution in [0, 0.1) is 11.8 Å². The molecule has 0 aromatic heterocycles. The molecular weight excluding hydrogens is 260 g/mol. The van der Waals surface area contributed by atoms with Gasteiger partial charge in [0.2, 0.25) is 10.0 Å². The molecule has 1 aliphatic rings. The zero-order valence-corrected chi connectivity index (χ0v) is 13.7. The summed E-state index contributed by atoms with van der Waals surface area (Å²) in [7, 11) is -3.03. The summed E-state index contributed by atoms with van der Waals surface area (Å²) in [5, 5.41) is 3.59. The van der Waals surface area contributed by atoms with E-state index in [4.69, 9.17) is 0 Å². The van der Waals surface area contributed by atoms with Gasteiger partial charge >= 0.3 is 0 Å². The van der Waals surface area contributed by atoms with Gasteiger partial charge in [-0.1, -0.05) is 20.8 Å². The van der Waals surface area contributed by atoms with Gasteiger partial charge in [-0.25, -0.2) is 12.7 Å². The van der Waals surface area contributed by atoms with Crippen LogP contribution in [0.1, 0.15) is 46.5 Å². The van der Waals surface area contributed by atoms with Crippen LogP contribution in [-0.4, -0.2) is 44.7 Å². The van der Waals surface area contributed by atoms with Crippen molar-refractivity contribution < 1.29 is 8.42 Å². The quantitative estimate of drug-likeness (QED) is 0.730. The van der Waals surface area contributed by atoms with E-state index in [0.29, 0.717) is 19.1 Å². The molecule has 114 valence electrons. The van der Waals surface area contributed by atoms with Gasteiger partial charge in [0.25, 0.3) is 0 Å². The Bertz CT molecular complexity index is 346. The van der Waals surface area contributed by atoms with Crippen molar-refractivity contribution in [2.24, 2.45) is 11.8 Å². The Balaban J connectivity index is 2.23. The Labute approximate surface area is 119 Å². The highest BCUT2D eigenvalue weighted by Crippen LogP contribution is 2.28. The van der Waals surface area contributed by atoms with Crippen molar-refractivity contribution >= 4 is 10.0 Å². The van der Waals surface area contributed by atoms with Gasteiger partial charge in [-0.15, -0.1) is 0 Å². The minimum Gasteiger partial charge on any atom is -0.314 e. The van der Waals surface area contributed by atoms with Gasteiger partial charge in [0.1, 0.15) is 0 Å². The number of nitrogens with zero attached hydrogens (tertiary/aromatic N) is 1. The van der Waals surface area contributed by atoms with Crippen LogP contribution in [0.3, 0.4) is 0 Å². The van der Waals surface area contributed by atoms with Crippen LogP contribution < -0.4 is 5.32 Å². The molecular formula is C14H30N2O2S. The Morgan fingerprint density at radius 2 is 1.74 bits per heavy atom. The van der Waals surface area contributed by atoms with E-state index < -0.39 is 10.0 Å². The molecule has 0 aromatic carbocycles. The highest BCUT2D eigenvalue weighted by molar-refractivity contribution is 7.88. The lowest BCUT2D eigenvalue weighted by molar-refractivity contribution is 0.238. The van der Waals surface area contributed by atoms with Gasteiger partial charge in [-0.3, -0.25) is 0 Å². The Morgan fingerprint density at radius 3 is 2.21 bits per heavy atom. The van der Waals surface area contributed by atoms with Crippen LogP contribution in [0.5, 0.6) is 0 Å². The fraction of sp³-hybridized carbons (Fsp3) is 1.00. The molecule has 4 nitrogen and oxygen atoms in total. The summed E-state index contributed by atoms with van der Waals surface area (Å²) < 4.78 is 24.4. The maximum Gasteiger partial charge on any atom is 0.211 e. The first-order chi connectivity index (χ1) is 8.82. The van der Waals surface area contributed by atoms with Gasteiger partial charge in [0.15, 0.2) is 0 Å². The predicted molar refractivity (Wildman–Crippen MR) is 80.7 cm³/mol. The number of rotatable bonds is 7. The van der Waals surface area contributed by atoms with Crippen molar-refractivity contribution in [1.29, 1.82) is 0 Å². The van der Waals surface area contributed by atoms with E-state index in [2.05, 4.69) is 19.2 Å². The van der Waals surface area contributed by atoms with Gasteiger partial charge < -0.3 is 5.32 Å². The second-order valence-corrected chi connectivity index (χ2v) is 8.16. The lowest BCUT2D eigenvalue weighted by Gasteiger charge is -2.32. The molecule has 1 rings (SSSR count). The van der Waals surface area contributed by atoms with E-state index in [0.717, 1.165) is 24.8 Å². The van der Waals surface area contributed by atoms with Crippen LogP contribution in [0.15, 0.2) is 0 Å². The number of hydrogen-bond acceptors (Lipinski definition) is 3. The maximum atomic E-state index is 11.4. The standard InChI is InChI=1S/C14H30N2O2S/c1-5-16(19(4,17)18)8-6-7-15-14-10-12(2)9-13(3)11-14/h12-15H,5-11H2,1-4H3. The van der Waals surface area contributed by atoms with E-state index in [-0.39, 0.29) is 0 Å². The monoisotopic (exact) mass is 290 g/mol. The zero-order valence-electron chi connectivity index (χ0n) is 12.9. The summed E-state index contributed by atoms with van der Waals surface area (Å²) >= 11 is 0. The molecule has 19 heavy (non-hydrogen) atoms. The van der Waals surface area contributed by atoms with Crippen molar-refractivity contribution in [3.8, 4) is 0 Å². The third-order valence-electron chi connectivity index (χ3n) is 4.02. The van der Waals surface area contributed by atoms with Crippen LogP contribution >= 0.6 is 0 Å². The number of hydrogen-bond donors (Lipinski definition) is 1. The van der Waals surface area contributed by atoms with E-state index in [9.17, 15) is 8.42 Å². The predicted octanol–water partition coefficient (Wildman–Crippen LogP) is 2.07. The highest BCUT2D eigenvalue weighted by atomic mass is 32.2. The van der Waals surface area contributed by atoms with Crippen molar-refractivity contribution in [2.45, 2.75) is 52.5 Å². The van der Waals surface area contributed by atoms with Crippen molar-refractivity contribution in [1.82, 2.24) is 9.62 Å². The summed E-state index contributed by atoms with van der Waals surface area (Å²) in [6.07, 6.45) is 6.03. The molecule has 0 aromatic rings. The third kappa shape index (κ3) is 6.23. The number of sulfonamides is 1.